The van der Waals surface area contributed by atoms with Gasteiger partial charge in [0.1, 0.15) is 5.67 Å². The first-order valence-corrected chi connectivity index (χ1v) is 4.65. The van der Waals surface area contributed by atoms with E-state index in [0.29, 0.717) is 0 Å². The molecule has 0 aromatic heterocycles. The zero-order valence-corrected chi connectivity index (χ0v) is 7.91. The van der Waals surface area contributed by atoms with Crippen LogP contribution in [0.1, 0.15) is 52.9 Å². The van der Waals surface area contributed by atoms with Crippen LogP contribution in [0.5, 0.6) is 0 Å². The van der Waals surface area contributed by atoms with Crippen molar-refractivity contribution in [2.45, 2.75) is 58.5 Å². The molecule has 0 N–H and O–H groups in total. The number of halogens is 1. The largest absolute Gasteiger partial charge is 0.243 e. The topological polar surface area (TPSA) is 0 Å². The summed E-state index contributed by atoms with van der Waals surface area (Å²) in [6.07, 6.45) is 4.93. The first-order valence-electron chi connectivity index (χ1n) is 4.65. The molecule has 0 bridgehead atoms. The molecule has 0 aromatic carbocycles. The van der Waals surface area contributed by atoms with Crippen molar-refractivity contribution in [2.24, 2.45) is 5.41 Å². The van der Waals surface area contributed by atoms with Gasteiger partial charge in [-0.25, -0.2) is 4.39 Å². The third kappa shape index (κ3) is 1.74. The summed E-state index contributed by atoms with van der Waals surface area (Å²) in [4.78, 5) is 0. The molecule has 0 unspecified atom stereocenters. The summed E-state index contributed by atoms with van der Waals surface area (Å²) in [5, 5.41) is 0. The molecule has 1 heteroatoms. The smallest absolute Gasteiger partial charge is 0.115 e. The molecule has 0 aliphatic heterocycles. The standard InChI is InChI=1S/C10H19F/c1-9(2,3)10(11)7-5-4-6-8-10/h4-8H2,1-3H3. The number of hydrogen-bond acceptors (Lipinski definition) is 0. The van der Waals surface area contributed by atoms with Gasteiger partial charge < -0.3 is 0 Å². The Kier molecular flexibility index (Phi) is 2.27. The Morgan fingerprint density at radius 2 is 1.45 bits per heavy atom. The molecular weight excluding hydrogens is 139 g/mol. The van der Waals surface area contributed by atoms with Crippen LogP contribution in [-0.4, -0.2) is 5.67 Å². The minimum absolute atomic E-state index is 0.159. The third-order valence-electron chi connectivity index (χ3n) is 2.99. The van der Waals surface area contributed by atoms with Crippen LogP contribution in [0, 0.1) is 5.41 Å². The zero-order chi connectivity index (χ0) is 8.54. The maximum atomic E-state index is 14.1. The zero-order valence-electron chi connectivity index (χ0n) is 7.91. The van der Waals surface area contributed by atoms with Crippen LogP contribution in [0.4, 0.5) is 4.39 Å². The third-order valence-corrected chi connectivity index (χ3v) is 2.99. The van der Waals surface area contributed by atoms with Gasteiger partial charge in [0.2, 0.25) is 0 Å². The fourth-order valence-electron chi connectivity index (χ4n) is 1.86. The van der Waals surface area contributed by atoms with Crippen molar-refractivity contribution in [3.05, 3.63) is 0 Å². The predicted octanol–water partition coefficient (Wildman–Crippen LogP) is 3.70. The number of alkyl halides is 1. The molecule has 0 aromatic rings. The summed E-state index contributed by atoms with van der Waals surface area (Å²) in [7, 11) is 0. The average molecular weight is 158 g/mol. The van der Waals surface area contributed by atoms with E-state index in [-0.39, 0.29) is 5.41 Å². The van der Waals surface area contributed by atoms with Crippen molar-refractivity contribution in [1.29, 1.82) is 0 Å². The van der Waals surface area contributed by atoms with Gasteiger partial charge in [-0.15, -0.1) is 0 Å². The number of rotatable bonds is 0. The lowest BCUT2D eigenvalue weighted by atomic mass is 9.70. The Balaban J connectivity index is 2.64. The summed E-state index contributed by atoms with van der Waals surface area (Å²) in [5.74, 6) is 0. The molecule has 0 nitrogen and oxygen atoms in total. The fraction of sp³-hybridized carbons (Fsp3) is 1.00. The Morgan fingerprint density at radius 3 is 1.73 bits per heavy atom. The average Bonchev–Trinajstić information content (AvgIpc) is 1.87. The van der Waals surface area contributed by atoms with Gasteiger partial charge in [-0.1, -0.05) is 40.0 Å². The van der Waals surface area contributed by atoms with Gasteiger partial charge in [-0.3, -0.25) is 0 Å². The molecule has 0 spiro atoms. The lowest BCUT2D eigenvalue weighted by molar-refractivity contribution is -0.00584. The molecular formula is C10H19F. The Morgan fingerprint density at radius 1 is 1.00 bits per heavy atom. The van der Waals surface area contributed by atoms with Crippen LogP contribution in [0.25, 0.3) is 0 Å². The van der Waals surface area contributed by atoms with Gasteiger partial charge in [0.15, 0.2) is 0 Å². The van der Waals surface area contributed by atoms with Crippen molar-refractivity contribution in [2.75, 3.05) is 0 Å². The van der Waals surface area contributed by atoms with Crippen molar-refractivity contribution in [3.63, 3.8) is 0 Å². The highest BCUT2D eigenvalue weighted by atomic mass is 19.1. The Bertz CT molecular complexity index is 126. The van der Waals surface area contributed by atoms with Gasteiger partial charge in [0.25, 0.3) is 0 Å². The quantitative estimate of drug-likeness (QED) is 0.504. The maximum absolute atomic E-state index is 14.1. The fourth-order valence-corrected chi connectivity index (χ4v) is 1.86. The van der Waals surface area contributed by atoms with Crippen molar-refractivity contribution >= 4 is 0 Å². The van der Waals surface area contributed by atoms with Gasteiger partial charge in [0.05, 0.1) is 0 Å². The monoisotopic (exact) mass is 158 g/mol. The summed E-state index contributed by atoms with van der Waals surface area (Å²) < 4.78 is 14.1. The van der Waals surface area contributed by atoms with E-state index in [4.69, 9.17) is 0 Å². The van der Waals surface area contributed by atoms with E-state index in [0.717, 1.165) is 25.7 Å². The van der Waals surface area contributed by atoms with E-state index in [1.807, 2.05) is 20.8 Å². The van der Waals surface area contributed by atoms with E-state index in [2.05, 4.69) is 0 Å². The van der Waals surface area contributed by atoms with E-state index in [9.17, 15) is 4.39 Å². The minimum atomic E-state index is -0.884. The molecule has 0 radical (unpaired) electrons. The summed E-state index contributed by atoms with van der Waals surface area (Å²) in [6, 6.07) is 0. The molecule has 66 valence electrons. The molecule has 0 amide bonds. The van der Waals surface area contributed by atoms with E-state index < -0.39 is 5.67 Å². The highest BCUT2D eigenvalue weighted by molar-refractivity contribution is 4.92. The first kappa shape index (κ1) is 9.02. The Hall–Kier alpha value is -0.0700. The molecule has 11 heavy (non-hydrogen) atoms. The van der Waals surface area contributed by atoms with Crippen LogP contribution in [-0.2, 0) is 0 Å². The molecule has 1 rings (SSSR count). The van der Waals surface area contributed by atoms with E-state index in [1.165, 1.54) is 6.42 Å². The molecule has 0 saturated heterocycles. The van der Waals surface area contributed by atoms with Crippen LogP contribution >= 0.6 is 0 Å². The lowest BCUT2D eigenvalue weighted by Gasteiger charge is -2.40. The SMILES string of the molecule is CC(C)(C)C1(F)CCCCC1. The van der Waals surface area contributed by atoms with Gasteiger partial charge in [-0.05, 0) is 18.3 Å². The van der Waals surface area contributed by atoms with Crippen LogP contribution < -0.4 is 0 Å². The highest BCUT2D eigenvalue weighted by Gasteiger charge is 2.42. The van der Waals surface area contributed by atoms with Crippen LogP contribution in [0.15, 0.2) is 0 Å². The molecule has 1 aliphatic carbocycles. The number of hydrogen-bond donors (Lipinski definition) is 0. The van der Waals surface area contributed by atoms with Crippen LogP contribution in [0.2, 0.25) is 0 Å². The van der Waals surface area contributed by atoms with Crippen molar-refractivity contribution in [3.8, 4) is 0 Å². The van der Waals surface area contributed by atoms with Gasteiger partial charge >= 0.3 is 0 Å². The Labute approximate surface area is 69.2 Å². The molecule has 0 atom stereocenters. The second-order valence-electron chi connectivity index (χ2n) is 4.78. The van der Waals surface area contributed by atoms with E-state index >= 15 is 0 Å². The summed E-state index contributed by atoms with van der Waals surface area (Å²) in [6.45, 7) is 6.04. The van der Waals surface area contributed by atoms with Crippen molar-refractivity contribution in [1.82, 2.24) is 0 Å². The minimum Gasteiger partial charge on any atom is -0.243 e. The van der Waals surface area contributed by atoms with Crippen LogP contribution in [0.3, 0.4) is 0 Å². The van der Waals surface area contributed by atoms with Gasteiger partial charge in [-0.2, -0.15) is 0 Å². The summed E-state index contributed by atoms with van der Waals surface area (Å²) in [5.41, 5.74) is -1.04. The maximum Gasteiger partial charge on any atom is 0.115 e. The van der Waals surface area contributed by atoms with Crippen molar-refractivity contribution < 1.29 is 4.39 Å². The second kappa shape index (κ2) is 2.76. The second-order valence-corrected chi connectivity index (χ2v) is 4.78. The highest BCUT2D eigenvalue weighted by Crippen LogP contribution is 2.44. The molecule has 1 saturated carbocycles. The molecule has 0 heterocycles. The summed E-state index contributed by atoms with van der Waals surface area (Å²) >= 11 is 0. The lowest BCUT2D eigenvalue weighted by Crippen LogP contribution is -2.40. The first-order chi connectivity index (χ1) is 4.96. The molecule has 1 aliphatic rings. The van der Waals surface area contributed by atoms with E-state index in [1.54, 1.807) is 0 Å². The normalized spacial score (nSPS) is 25.1. The predicted molar refractivity (Wildman–Crippen MR) is 46.4 cm³/mol. The van der Waals surface area contributed by atoms with Gasteiger partial charge in [0, 0.05) is 0 Å². The molecule has 1 fully saturated rings.